The molecule has 0 atom stereocenters. The minimum absolute atomic E-state index is 0.0617. The van der Waals surface area contributed by atoms with Crippen molar-refractivity contribution in [2.75, 3.05) is 27.9 Å². The number of ether oxygens (including phenoxy) is 3. The van der Waals surface area contributed by atoms with Gasteiger partial charge in [-0.2, -0.15) is 0 Å². The number of hydrogen-bond acceptors (Lipinski definition) is 5. The molecule has 0 aromatic heterocycles. The summed E-state index contributed by atoms with van der Waals surface area (Å²) in [5, 5.41) is 0. The molecule has 0 amide bonds. The Morgan fingerprint density at radius 1 is 1.06 bits per heavy atom. The molecule has 0 fully saturated rings. The van der Waals surface area contributed by atoms with Crippen molar-refractivity contribution in [2.45, 2.75) is 19.8 Å². The summed E-state index contributed by atoms with van der Waals surface area (Å²) in [5.74, 6) is 4.17. The van der Waals surface area contributed by atoms with Crippen molar-refractivity contribution in [1.29, 1.82) is 0 Å². The fraction of sp³-hybridized carbons (Fsp3) is 0.667. The summed E-state index contributed by atoms with van der Waals surface area (Å²) in [4.78, 5) is 23.4. The Bertz CT molecular complexity index is 308. The molecule has 5 heteroatoms. The van der Waals surface area contributed by atoms with Crippen molar-refractivity contribution in [3.63, 3.8) is 0 Å². The standard InChI is InChI=1S/C12H18O5/c1-5-12(10(13)16-3,11(14)17-4)8-6-7-9-15-2/h5,8-9H2,1-4H3. The van der Waals surface area contributed by atoms with Gasteiger partial charge >= 0.3 is 11.9 Å². The van der Waals surface area contributed by atoms with Crippen LogP contribution in [-0.2, 0) is 23.8 Å². The van der Waals surface area contributed by atoms with E-state index in [9.17, 15) is 9.59 Å². The highest BCUT2D eigenvalue weighted by atomic mass is 16.5. The second kappa shape index (κ2) is 7.69. The van der Waals surface area contributed by atoms with Gasteiger partial charge in [-0.1, -0.05) is 18.8 Å². The molecule has 96 valence electrons. The van der Waals surface area contributed by atoms with Crippen molar-refractivity contribution in [2.24, 2.45) is 5.41 Å². The molecule has 5 nitrogen and oxygen atoms in total. The van der Waals surface area contributed by atoms with E-state index in [1.54, 1.807) is 6.92 Å². The molecule has 0 aliphatic heterocycles. The number of hydrogen-bond donors (Lipinski definition) is 0. The van der Waals surface area contributed by atoms with Crippen LogP contribution < -0.4 is 0 Å². The quantitative estimate of drug-likeness (QED) is 0.405. The lowest BCUT2D eigenvalue weighted by molar-refractivity contribution is -0.169. The SMILES string of the molecule is CCC(CC#CCOC)(C(=O)OC)C(=O)OC. The molecule has 17 heavy (non-hydrogen) atoms. The Morgan fingerprint density at radius 3 is 1.94 bits per heavy atom. The summed E-state index contributed by atoms with van der Waals surface area (Å²) in [5.41, 5.74) is -1.34. The van der Waals surface area contributed by atoms with Crippen molar-refractivity contribution >= 4 is 11.9 Å². The van der Waals surface area contributed by atoms with E-state index in [0.717, 1.165) is 0 Å². The summed E-state index contributed by atoms with van der Waals surface area (Å²) >= 11 is 0. The van der Waals surface area contributed by atoms with Gasteiger partial charge in [0.25, 0.3) is 0 Å². The molecule has 0 N–H and O–H groups in total. The van der Waals surface area contributed by atoms with Gasteiger partial charge in [-0.25, -0.2) is 0 Å². The van der Waals surface area contributed by atoms with Gasteiger partial charge in [0.05, 0.1) is 14.2 Å². The molecule has 0 aliphatic rings. The highest BCUT2D eigenvalue weighted by Crippen LogP contribution is 2.29. The third kappa shape index (κ3) is 3.75. The molecule has 0 bridgehead atoms. The van der Waals surface area contributed by atoms with Crippen molar-refractivity contribution < 1.29 is 23.8 Å². The van der Waals surface area contributed by atoms with Crippen LogP contribution in [0.5, 0.6) is 0 Å². The van der Waals surface area contributed by atoms with E-state index in [2.05, 4.69) is 21.3 Å². The molecule has 0 rings (SSSR count). The number of rotatable bonds is 5. The molecule has 0 aromatic rings. The molecule has 0 radical (unpaired) electrons. The Balaban J connectivity index is 5.02. The first-order chi connectivity index (χ1) is 8.08. The molecule has 0 spiro atoms. The average Bonchev–Trinajstić information content (AvgIpc) is 2.37. The molecule has 0 aromatic carbocycles. The van der Waals surface area contributed by atoms with Crippen LogP contribution in [-0.4, -0.2) is 39.9 Å². The maximum Gasteiger partial charge on any atom is 0.324 e. The second-order valence-corrected chi connectivity index (χ2v) is 3.38. The maximum absolute atomic E-state index is 11.7. The van der Waals surface area contributed by atoms with Gasteiger partial charge < -0.3 is 14.2 Å². The van der Waals surface area contributed by atoms with Crippen LogP contribution in [0.2, 0.25) is 0 Å². The maximum atomic E-state index is 11.7. The normalized spacial score (nSPS) is 10.1. The predicted molar refractivity (Wildman–Crippen MR) is 61.0 cm³/mol. The lowest BCUT2D eigenvalue weighted by Crippen LogP contribution is -2.40. The number of carbonyl (C=O) groups excluding carboxylic acids is 2. The predicted octanol–water partition coefficient (Wildman–Crippen LogP) is 0.769. The van der Waals surface area contributed by atoms with E-state index >= 15 is 0 Å². The smallest absolute Gasteiger partial charge is 0.324 e. The first kappa shape index (κ1) is 15.5. The van der Waals surface area contributed by atoms with E-state index < -0.39 is 17.4 Å². The van der Waals surface area contributed by atoms with E-state index in [1.165, 1.54) is 21.3 Å². The van der Waals surface area contributed by atoms with Crippen molar-refractivity contribution in [3.8, 4) is 11.8 Å². The summed E-state index contributed by atoms with van der Waals surface area (Å²) in [6.07, 6.45) is 0.334. The fourth-order valence-corrected chi connectivity index (χ4v) is 1.37. The van der Waals surface area contributed by atoms with E-state index in [0.29, 0.717) is 0 Å². The lowest BCUT2D eigenvalue weighted by atomic mass is 9.82. The van der Waals surface area contributed by atoms with Crippen LogP contribution in [0, 0.1) is 17.3 Å². The Labute approximate surface area is 101 Å². The molecule has 0 aliphatic carbocycles. The number of methoxy groups -OCH3 is 3. The summed E-state index contributed by atoms with van der Waals surface area (Å²) < 4.78 is 14.1. The van der Waals surface area contributed by atoms with Gasteiger partial charge in [-0.05, 0) is 6.42 Å². The molecule has 0 heterocycles. The van der Waals surface area contributed by atoms with E-state index in [1.807, 2.05) is 0 Å². The van der Waals surface area contributed by atoms with E-state index in [4.69, 9.17) is 4.74 Å². The third-order valence-electron chi connectivity index (χ3n) is 2.49. The molecule has 0 unspecified atom stereocenters. The van der Waals surface area contributed by atoms with Gasteiger partial charge in [0.2, 0.25) is 0 Å². The molecule has 0 saturated carbocycles. The van der Waals surface area contributed by atoms with Crippen LogP contribution >= 0.6 is 0 Å². The topological polar surface area (TPSA) is 61.8 Å². The number of esters is 2. The van der Waals surface area contributed by atoms with Gasteiger partial charge in [0.15, 0.2) is 5.41 Å². The molecular weight excluding hydrogens is 224 g/mol. The van der Waals surface area contributed by atoms with Gasteiger partial charge in [0, 0.05) is 13.5 Å². The molecular formula is C12H18O5. The average molecular weight is 242 g/mol. The zero-order chi connectivity index (χ0) is 13.3. The Kier molecular flexibility index (Phi) is 6.99. The van der Waals surface area contributed by atoms with E-state index in [-0.39, 0.29) is 19.4 Å². The van der Waals surface area contributed by atoms with Crippen LogP contribution in [0.15, 0.2) is 0 Å². The summed E-state index contributed by atoms with van der Waals surface area (Å²) in [6, 6.07) is 0. The first-order valence-corrected chi connectivity index (χ1v) is 5.20. The fourth-order valence-electron chi connectivity index (χ4n) is 1.37. The monoisotopic (exact) mass is 242 g/mol. The van der Waals surface area contributed by atoms with Crippen LogP contribution in [0.4, 0.5) is 0 Å². The summed E-state index contributed by atoms with van der Waals surface area (Å²) in [6.45, 7) is 1.97. The van der Waals surface area contributed by atoms with Gasteiger partial charge in [-0.3, -0.25) is 9.59 Å². The highest BCUT2D eigenvalue weighted by molar-refractivity contribution is 6.00. The van der Waals surface area contributed by atoms with Crippen LogP contribution in [0.25, 0.3) is 0 Å². The van der Waals surface area contributed by atoms with Gasteiger partial charge in [0.1, 0.15) is 6.61 Å². The highest BCUT2D eigenvalue weighted by Gasteiger charge is 2.46. The van der Waals surface area contributed by atoms with Crippen molar-refractivity contribution in [1.82, 2.24) is 0 Å². The third-order valence-corrected chi connectivity index (χ3v) is 2.49. The van der Waals surface area contributed by atoms with Crippen LogP contribution in [0.1, 0.15) is 19.8 Å². The second-order valence-electron chi connectivity index (χ2n) is 3.38. The minimum Gasteiger partial charge on any atom is -0.468 e. The zero-order valence-corrected chi connectivity index (χ0v) is 10.7. The number of carbonyl (C=O) groups is 2. The minimum atomic E-state index is -1.34. The van der Waals surface area contributed by atoms with Crippen molar-refractivity contribution in [3.05, 3.63) is 0 Å². The largest absolute Gasteiger partial charge is 0.468 e. The van der Waals surface area contributed by atoms with Gasteiger partial charge in [-0.15, -0.1) is 0 Å². The molecule has 0 saturated heterocycles. The zero-order valence-electron chi connectivity index (χ0n) is 10.7. The Hall–Kier alpha value is -1.54. The summed E-state index contributed by atoms with van der Waals surface area (Å²) in [7, 11) is 3.99. The Morgan fingerprint density at radius 2 is 1.59 bits per heavy atom. The first-order valence-electron chi connectivity index (χ1n) is 5.20. The van der Waals surface area contributed by atoms with Crippen LogP contribution in [0.3, 0.4) is 0 Å². The lowest BCUT2D eigenvalue weighted by Gasteiger charge is -2.24.